The van der Waals surface area contributed by atoms with Gasteiger partial charge in [0.15, 0.2) is 11.7 Å². The highest BCUT2D eigenvalue weighted by Gasteiger charge is 2.12. The first-order chi connectivity index (χ1) is 12.5. The number of nitrogens with zero attached hydrogens (tertiary/aromatic N) is 2. The zero-order chi connectivity index (χ0) is 18.9. The molecule has 0 saturated heterocycles. The van der Waals surface area contributed by atoms with Crippen molar-refractivity contribution in [2.45, 2.75) is 39.3 Å². The highest BCUT2D eigenvalue weighted by molar-refractivity contribution is 6.30. The molecule has 142 valence electrons. The molecule has 0 spiro atoms. The Kier molecular flexibility index (Phi) is 7.94. The lowest BCUT2D eigenvalue weighted by molar-refractivity contribution is 0.106. The second-order valence-corrected chi connectivity index (χ2v) is 6.66. The number of benzene rings is 1. The van der Waals surface area contributed by atoms with Gasteiger partial charge < -0.3 is 19.9 Å². The molecule has 0 aliphatic carbocycles. The molecule has 2 aromatic rings. The largest absolute Gasteiger partial charge is 0.375 e. The van der Waals surface area contributed by atoms with Crippen LogP contribution in [0, 0.1) is 0 Å². The monoisotopic (exact) mass is 378 g/mol. The SMILES string of the molecule is CCNC(=NCc1cc(C(C)C)no1)NCC(OC)c1cccc(Cl)c1. The lowest BCUT2D eigenvalue weighted by Crippen LogP contribution is -2.39. The summed E-state index contributed by atoms with van der Waals surface area (Å²) in [5.74, 6) is 1.77. The molecule has 1 atom stereocenters. The number of methoxy groups -OCH3 is 1. The Balaban J connectivity index is 1.99. The average molecular weight is 379 g/mol. The van der Waals surface area contributed by atoms with Crippen LogP contribution in [0.1, 0.15) is 49.8 Å². The Bertz CT molecular complexity index is 715. The number of aromatic nitrogens is 1. The molecule has 2 rings (SSSR count). The van der Waals surface area contributed by atoms with Crippen LogP contribution in [0.5, 0.6) is 0 Å². The van der Waals surface area contributed by atoms with Gasteiger partial charge in [0.05, 0.1) is 11.8 Å². The van der Waals surface area contributed by atoms with Gasteiger partial charge in [-0.15, -0.1) is 0 Å². The van der Waals surface area contributed by atoms with E-state index in [0.29, 0.717) is 30.0 Å². The molecule has 1 unspecified atom stereocenters. The van der Waals surface area contributed by atoms with Gasteiger partial charge in [-0.3, -0.25) is 0 Å². The van der Waals surface area contributed by atoms with E-state index >= 15 is 0 Å². The van der Waals surface area contributed by atoms with Crippen LogP contribution in [0.15, 0.2) is 39.8 Å². The van der Waals surface area contributed by atoms with Gasteiger partial charge in [-0.05, 0) is 30.5 Å². The summed E-state index contributed by atoms with van der Waals surface area (Å²) in [7, 11) is 1.68. The number of hydrogen-bond donors (Lipinski definition) is 2. The van der Waals surface area contributed by atoms with Crippen molar-refractivity contribution in [1.29, 1.82) is 0 Å². The normalized spacial score (nSPS) is 13.1. The molecule has 0 amide bonds. The fraction of sp³-hybridized carbons (Fsp3) is 0.474. The van der Waals surface area contributed by atoms with E-state index < -0.39 is 0 Å². The zero-order valence-electron chi connectivity index (χ0n) is 15.8. The summed E-state index contributed by atoms with van der Waals surface area (Å²) >= 11 is 6.07. The molecule has 0 fully saturated rings. The fourth-order valence-corrected chi connectivity index (χ4v) is 2.61. The molecular formula is C19H27ClN4O2. The smallest absolute Gasteiger partial charge is 0.191 e. The number of rotatable bonds is 8. The summed E-state index contributed by atoms with van der Waals surface area (Å²) in [5.41, 5.74) is 1.95. The predicted molar refractivity (Wildman–Crippen MR) is 105 cm³/mol. The molecule has 0 bridgehead atoms. The predicted octanol–water partition coefficient (Wildman–Crippen LogP) is 3.89. The molecule has 0 aliphatic heterocycles. The second-order valence-electron chi connectivity index (χ2n) is 6.23. The number of halogens is 1. The van der Waals surface area contributed by atoms with Crippen molar-refractivity contribution < 1.29 is 9.26 Å². The van der Waals surface area contributed by atoms with Crippen LogP contribution < -0.4 is 10.6 Å². The maximum absolute atomic E-state index is 6.07. The third-order valence-corrected chi connectivity index (χ3v) is 4.10. The number of hydrogen-bond acceptors (Lipinski definition) is 4. The van der Waals surface area contributed by atoms with E-state index in [0.717, 1.165) is 23.6 Å². The van der Waals surface area contributed by atoms with Crippen molar-refractivity contribution in [3.63, 3.8) is 0 Å². The van der Waals surface area contributed by atoms with Crippen LogP contribution >= 0.6 is 11.6 Å². The highest BCUT2D eigenvalue weighted by atomic mass is 35.5. The van der Waals surface area contributed by atoms with E-state index in [4.69, 9.17) is 20.9 Å². The molecule has 1 heterocycles. The first-order valence-electron chi connectivity index (χ1n) is 8.79. The van der Waals surface area contributed by atoms with E-state index in [1.165, 1.54) is 0 Å². The average Bonchev–Trinajstić information content (AvgIpc) is 3.09. The molecular weight excluding hydrogens is 352 g/mol. The van der Waals surface area contributed by atoms with Crippen LogP contribution in [0.2, 0.25) is 5.02 Å². The molecule has 0 saturated carbocycles. The topological polar surface area (TPSA) is 71.7 Å². The molecule has 6 nitrogen and oxygen atoms in total. The van der Waals surface area contributed by atoms with Gasteiger partial charge >= 0.3 is 0 Å². The summed E-state index contributed by atoms with van der Waals surface area (Å²) in [6.45, 7) is 7.93. The van der Waals surface area contributed by atoms with Crippen LogP contribution in [-0.4, -0.2) is 31.3 Å². The maximum Gasteiger partial charge on any atom is 0.191 e. The van der Waals surface area contributed by atoms with Crippen molar-refractivity contribution in [2.24, 2.45) is 4.99 Å². The van der Waals surface area contributed by atoms with Gasteiger partial charge in [-0.25, -0.2) is 4.99 Å². The fourth-order valence-electron chi connectivity index (χ4n) is 2.41. The number of ether oxygens (including phenoxy) is 1. The van der Waals surface area contributed by atoms with Crippen molar-refractivity contribution in [2.75, 3.05) is 20.2 Å². The van der Waals surface area contributed by atoms with Crippen molar-refractivity contribution >= 4 is 17.6 Å². The number of nitrogens with one attached hydrogen (secondary N) is 2. The summed E-state index contributed by atoms with van der Waals surface area (Å²) < 4.78 is 10.9. The zero-order valence-corrected chi connectivity index (χ0v) is 16.5. The van der Waals surface area contributed by atoms with Crippen molar-refractivity contribution in [3.8, 4) is 0 Å². The van der Waals surface area contributed by atoms with Crippen LogP contribution in [0.25, 0.3) is 0 Å². The summed E-state index contributed by atoms with van der Waals surface area (Å²) in [5, 5.41) is 11.3. The van der Waals surface area contributed by atoms with Crippen molar-refractivity contribution in [3.05, 3.63) is 52.4 Å². The molecule has 2 N–H and O–H groups in total. The Morgan fingerprint density at radius 2 is 2.12 bits per heavy atom. The molecule has 0 aliphatic rings. The van der Waals surface area contributed by atoms with Gasteiger partial charge in [0, 0.05) is 31.3 Å². The Morgan fingerprint density at radius 3 is 2.73 bits per heavy atom. The van der Waals surface area contributed by atoms with Gasteiger partial charge in [0.1, 0.15) is 6.54 Å². The summed E-state index contributed by atoms with van der Waals surface area (Å²) in [6.07, 6.45) is -0.129. The van der Waals surface area contributed by atoms with Gasteiger partial charge in [-0.1, -0.05) is 42.7 Å². The van der Waals surface area contributed by atoms with Crippen LogP contribution in [-0.2, 0) is 11.3 Å². The minimum absolute atomic E-state index is 0.129. The maximum atomic E-state index is 6.07. The lowest BCUT2D eigenvalue weighted by Gasteiger charge is -2.18. The highest BCUT2D eigenvalue weighted by Crippen LogP contribution is 2.19. The van der Waals surface area contributed by atoms with Gasteiger partial charge in [0.25, 0.3) is 0 Å². The quantitative estimate of drug-likeness (QED) is 0.538. The van der Waals surface area contributed by atoms with Gasteiger partial charge in [0.2, 0.25) is 0 Å². The minimum atomic E-state index is -0.129. The van der Waals surface area contributed by atoms with Crippen molar-refractivity contribution in [1.82, 2.24) is 15.8 Å². The summed E-state index contributed by atoms with van der Waals surface area (Å²) in [6, 6.07) is 9.61. The first-order valence-corrected chi connectivity index (χ1v) is 9.17. The summed E-state index contributed by atoms with van der Waals surface area (Å²) in [4.78, 5) is 4.55. The molecule has 26 heavy (non-hydrogen) atoms. The molecule has 0 radical (unpaired) electrons. The standard InChI is InChI=1S/C19H27ClN4O2/c1-5-21-19(22-11-16-10-17(13(2)3)24-26-16)23-12-18(25-4)14-7-6-8-15(20)9-14/h6-10,13,18H,5,11-12H2,1-4H3,(H2,21,22,23). The molecule has 7 heteroatoms. The molecule has 1 aromatic heterocycles. The second kappa shape index (κ2) is 10.2. The minimum Gasteiger partial charge on any atom is -0.375 e. The first kappa shape index (κ1) is 20.3. The molecule has 1 aromatic carbocycles. The Hall–Kier alpha value is -2.05. The van der Waals surface area contributed by atoms with E-state index in [2.05, 4.69) is 34.6 Å². The number of guanidine groups is 1. The van der Waals surface area contributed by atoms with E-state index in [9.17, 15) is 0 Å². The number of aliphatic imine (C=N–C) groups is 1. The van der Waals surface area contributed by atoms with Crippen LogP contribution in [0.3, 0.4) is 0 Å². The third kappa shape index (κ3) is 6.04. The lowest BCUT2D eigenvalue weighted by atomic mass is 10.1. The third-order valence-electron chi connectivity index (χ3n) is 3.87. The van der Waals surface area contributed by atoms with E-state index in [1.807, 2.05) is 37.3 Å². The van der Waals surface area contributed by atoms with E-state index in [1.54, 1.807) is 7.11 Å². The van der Waals surface area contributed by atoms with Crippen LogP contribution in [0.4, 0.5) is 0 Å². The van der Waals surface area contributed by atoms with E-state index in [-0.39, 0.29) is 6.10 Å². The Morgan fingerprint density at radius 1 is 1.31 bits per heavy atom. The van der Waals surface area contributed by atoms with Gasteiger partial charge in [-0.2, -0.15) is 0 Å². The Labute approximate surface area is 160 Å².